The maximum absolute atomic E-state index is 13.4. The minimum Gasteiger partial charge on any atom is -0.507 e. The molecule has 1 amide bonds. The molecule has 8 heteroatoms. The molecule has 3 aromatic carbocycles. The van der Waals surface area contributed by atoms with E-state index in [1.165, 1.54) is 16.2 Å². The van der Waals surface area contributed by atoms with E-state index in [-0.39, 0.29) is 11.3 Å². The number of anilines is 1. The second-order valence-corrected chi connectivity index (χ2v) is 9.33. The Balaban J connectivity index is 1.69. The van der Waals surface area contributed by atoms with Crippen LogP contribution in [0.2, 0.25) is 0 Å². The number of thiazole rings is 1. The summed E-state index contributed by atoms with van der Waals surface area (Å²) in [4.78, 5) is 32.8. The van der Waals surface area contributed by atoms with Crippen molar-refractivity contribution in [2.24, 2.45) is 0 Å². The van der Waals surface area contributed by atoms with Crippen LogP contribution in [0, 0.1) is 0 Å². The van der Waals surface area contributed by atoms with Crippen molar-refractivity contribution in [1.29, 1.82) is 0 Å². The third kappa shape index (κ3) is 3.99. The highest BCUT2D eigenvalue weighted by Gasteiger charge is 2.48. The van der Waals surface area contributed by atoms with Gasteiger partial charge in [0.05, 0.1) is 36.1 Å². The van der Waals surface area contributed by atoms with Crippen LogP contribution >= 0.6 is 11.3 Å². The molecule has 1 saturated heterocycles. The summed E-state index contributed by atoms with van der Waals surface area (Å²) in [6.07, 6.45) is 0.876. The number of ketones is 1. The second kappa shape index (κ2) is 9.47. The van der Waals surface area contributed by atoms with E-state index < -0.39 is 17.7 Å². The van der Waals surface area contributed by atoms with Crippen molar-refractivity contribution in [2.75, 3.05) is 19.1 Å². The third-order valence-corrected chi connectivity index (χ3v) is 7.31. The van der Waals surface area contributed by atoms with Gasteiger partial charge in [-0.05, 0) is 66.1 Å². The Hall–Kier alpha value is -4.17. The maximum Gasteiger partial charge on any atom is 0.301 e. The lowest BCUT2D eigenvalue weighted by atomic mass is 9.95. The summed E-state index contributed by atoms with van der Waals surface area (Å²) in [5, 5.41) is 11.7. The Morgan fingerprint density at radius 2 is 1.61 bits per heavy atom. The summed E-state index contributed by atoms with van der Waals surface area (Å²) in [5.74, 6) is -0.510. The molecule has 182 valence electrons. The van der Waals surface area contributed by atoms with Gasteiger partial charge in [-0.1, -0.05) is 36.5 Å². The van der Waals surface area contributed by atoms with Gasteiger partial charge in [0.1, 0.15) is 17.3 Å². The first-order valence-corrected chi connectivity index (χ1v) is 12.3. The molecule has 1 fully saturated rings. The van der Waals surface area contributed by atoms with Gasteiger partial charge in [0.15, 0.2) is 5.13 Å². The van der Waals surface area contributed by atoms with E-state index >= 15 is 0 Å². The maximum atomic E-state index is 13.4. The summed E-state index contributed by atoms with van der Waals surface area (Å²) >= 11 is 1.35. The molecule has 1 atom stereocenters. The molecule has 0 aliphatic carbocycles. The summed E-state index contributed by atoms with van der Waals surface area (Å²) in [7, 11) is 3.11. The van der Waals surface area contributed by atoms with Crippen LogP contribution in [0.1, 0.15) is 29.7 Å². The summed E-state index contributed by atoms with van der Waals surface area (Å²) in [6, 6.07) is 18.9. The zero-order chi connectivity index (χ0) is 25.4. The highest BCUT2D eigenvalue weighted by Crippen LogP contribution is 2.44. The van der Waals surface area contributed by atoms with E-state index in [0.29, 0.717) is 27.8 Å². The average Bonchev–Trinajstić information content (AvgIpc) is 3.45. The SMILES string of the molecule is CCc1ccc2nc(N3C(=O)C(=O)C(=C(O)c4ccc(OC)cc4)[C@@H]3c3ccc(OC)cc3)sc2c1. The van der Waals surface area contributed by atoms with E-state index in [4.69, 9.17) is 9.47 Å². The van der Waals surface area contributed by atoms with Crippen molar-refractivity contribution in [3.05, 3.63) is 89.0 Å². The molecule has 7 nitrogen and oxygen atoms in total. The van der Waals surface area contributed by atoms with E-state index in [1.54, 1.807) is 62.8 Å². The number of carbonyl (C=O) groups excluding carboxylic acids is 2. The quantitative estimate of drug-likeness (QED) is 0.214. The Morgan fingerprint density at radius 3 is 2.22 bits per heavy atom. The van der Waals surface area contributed by atoms with Crippen molar-refractivity contribution in [3.8, 4) is 11.5 Å². The van der Waals surface area contributed by atoms with Crippen LogP contribution in [0.3, 0.4) is 0 Å². The zero-order valence-electron chi connectivity index (χ0n) is 20.0. The first-order chi connectivity index (χ1) is 17.4. The largest absolute Gasteiger partial charge is 0.507 e. The number of amides is 1. The van der Waals surface area contributed by atoms with Crippen LogP contribution in [0.5, 0.6) is 11.5 Å². The number of hydrogen-bond donors (Lipinski definition) is 1. The summed E-state index contributed by atoms with van der Waals surface area (Å²) in [5.41, 5.74) is 2.97. The number of benzene rings is 3. The monoisotopic (exact) mass is 500 g/mol. The van der Waals surface area contributed by atoms with E-state index in [9.17, 15) is 14.7 Å². The normalized spacial score (nSPS) is 17.1. The standard InChI is InChI=1S/C28H24N2O5S/c1-4-16-5-14-21-22(15-16)36-28(29-21)30-24(17-6-10-19(34-2)11-7-17)23(26(32)27(30)33)25(31)18-8-12-20(35-3)13-9-18/h5-15,24,31H,4H2,1-3H3/t24-/m0/s1. The molecule has 0 bridgehead atoms. The Labute approximate surface area is 212 Å². The van der Waals surface area contributed by atoms with Gasteiger partial charge >= 0.3 is 5.91 Å². The summed E-state index contributed by atoms with van der Waals surface area (Å²) in [6.45, 7) is 2.07. The number of aryl methyl sites for hydroxylation is 1. The van der Waals surface area contributed by atoms with Crippen LogP contribution < -0.4 is 14.4 Å². The summed E-state index contributed by atoms with van der Waals surface area (Å²) < 4.78 is 11.4. The molecule has 2 heterocycles. The van der Waals surface area contributed by atoms with Crippen molar-refractivity contribution in [2.45, 2.75) is 19.4 Å². The number of Topliss-reactive ketones (excluding diaryl/α,β-unsaturated/α-hetero) is 1. The molecule has 0 spiro atoms. The molecule has 0 unspecified atom stereocenters. The number of hydrogen-bond acceptors (Lipinski definition) is 7. The smallest absolute Gasteiger partial charge is 0.301 e. The van der Waals surface area contributed by atoms with Gasteiger partial charge in [-0.2, -0.15) is 0 Å². The Morgan fingerprint density at radius 1 is 0.972 bits per heavy atom. The van der Waals surface area contributed by atoms with Gasteiger partial charge in [-0.3, -0.25) is 14.5 Å². The molecule has 0 saturated carbocycles. The van der Waals surface area contributed by atoms with E-state index in [0.717, 1.165) is 22.2 Å². The number of nitrogens with zero attached hydrogens (tertiary/aromatic N) is 2. The number of ether oxygens (including phenoxy) is 2. The second-order valence-electron chi connectivity index (χ2n) is 8.32. The minimum atomic E-state index is -0.857. The van der Waals surface area contributed by atoms with Crippen LogP contribution in [-0.4, -0.2) is 36.0 Å². The van der Waals surface area contributed by atoms with Crippen LogP contribution in [-0.2, 0) is 16.0 Å². The average molecular weight is 501 g/mol. The van der Waals surface area contributed by atoms with Crippen molar-refractivity contribution in [3.63, 3.8) is 0 Å². The first-order valence-electron chi connectivity index (χ1n) is 11.4. The molecule has 5 rings (SSSR count). The molecular weight excluding hydrogens is 476 g/mol. The third-order valence-electron chi connectivity index (χ3n) is 6.30. The lowest BCUT2D eigenvalue weighted by molar-refractivity contribution is -0.132. The molecular formula is C28H24N2O5S. The predicted octanol–water partition coefficient (Wildman–Crippen LogP) is 5.50. The molecule has 1 aliphatic rings. The van der Waals surface area contributed by atoms with Gasteiger partial charge < -0.3 is 14.6 Å². The fourth-order valence-electron chi connectivity index (χ4n) is 4.32. The zero-order valence-corrected chi connectivity index (χ0v) is 20.8. The molecule has 1 N–H and O–H groups in total. The highest BCUT2D eigenvalue weighted by atomic mass is 32.1. The van der Waals surface area contributed by atoms with Crippen molar-refractivity contribution >= 4 is 44.1 Å². The fraction of sp³-hybridized carbons (Fsp3) is 0.179. The number of rotatable bonds is 6. The number of fused-ring (bicyclic) bond motifs is 1. The van der Waals surface area contributed by atoms with Gasteiger partial charge in [-0.15, -0.1) is 0 Å². The topological polar surface area (TPSA) is 89.0 Å². The Kier molecular flexibility index (Phi) is 6.20. The van der Waals surface area contributed by atoms with Crippen molar-refractivity contribution < 1.29 is 24.2 Å². The van der Waals surface area contributed by atoms with Crippen LogP contribution in [0.4, 0.5) is 5.13 Å². The Bertz CT molecular complexity index is 1490. The van der Waals surface area contributed by atoms with Crippen LogP contribution in [0.15, 0.2) is 72.3 Å². The molecule has 1 aliphatic heterocycles. The lowest BCUT2D eigenvalue weighted by Crippen LogP contribution is -2.29. The lowest BCUT2D eigenvalue weighted by Gasteiger charge is -2.23. The molecule has 4 aromatic rings. The highest BCUT2D eigenvalue weighted by molar-refractivity contribution is 7.22. The van der Waals surface area contributed by atoms with E-state index in [2.05, 4.69) is 11.9 Å². The van der Waals surface area contributed by atoms with Gasteiger partial charge in [-0.25, -0.2) is 4.98 Å². The van der Waals surface area contributed by atoms with Gasteiger partial charge in [0, 0.05) is 5.56 Å². The van der Waals surface area contributed by atoms with E-state index in [1.807, 2.05) is 18.2 Å². The number of aliphatic hydroxyl groups is 1. The molecule has 1 aromatic heterocycles. The number of methoxy groups -OCH3 is 2. The fourth-order valence-corrected chi connectivity index (χ4v) is 5.37. The number of aliphatic hydroxyl groups excluding tert-OH is 1. The number of carbonyl (C=O) groups is 2. The van der Waals surface area contributed by atoms with Gasteiger partial charge in [0.25, 0.3) is 5.78 Å². The molecule has 36 heavy (non-hydrogen) atoms. The minimum absolute atomic E-state index is 0.00355. The molecule has 0 radical (unpaired) electrons. The number of aromatic nitrogens is 1. The van der Waals surface area contributed by atoms with Crippen molar-refractivity contribution in [1.82, 2.24) is 4.98 Å². The van der Waals surface area contributed by atoms with Crippen LogP contribution in [0.25, 0.3) is 16.0 Å². The predicted molar refractivity (Wildman–Crippen MR) is 140 cm³/mol. The van der Waals surface area contributed by atoms with Gasteiger partial charge in [0.2, 0.25) is 0 Å². The first kappa shape index (κ1) is 23.6.